The van der Waals surface area contributed by atoms with Crippen LogP contribution in [0.15, 0.2) is 60.7 Å². The maximum absolute atomic E-state index is 11.9. The minimum atomic E-state index is -1.71. The van der Waals surface area contributed by atoms with Gasteiger partial charge in [-0.05, 0) is 12.1 Å². The Balaban J connectivity index is 2.06. The van der Waals surface area contributed by atoms with Crippen molar-refractivity contribution in [3.05, 3.63) is 66.2 Å². The van der Waals surface area contributed by atoms with E-state index in [0.29, 0.717) is 11.3 Å². The molecule has 0 bridgehead atoms. The van der Waals surface area contributed by atoms with Crippen molar-refractivity contribution < 1.29 is 14.7 Å². The van der Waals surface area contributed by atoms with Gasteiger partial charge in [-0.3, -0.25) is 9.59 Å². The lowest BCUT2D eigenvalue weighted by Crippen LogP contribution is -2.34. The zero-order valence-electron chi connectivity index (χ0n) is 10.1. The molecule has 2 aromatic rings. The summed E-state index contributed by atoms with van der Waals surface area (Å²) in [5.41, 5.74) is 0.839. The van der Waals surface area contributed by atoms with E-state index in [9.17, 15) is 14.7 Å². The van der Waals surface area contributed by atoms with Crippen LogP contribution in [0.3, 0.4) is 0 Å². The molecule has 0 aliphatic heterocycles. The van der Waals surface area contributed by atoms with Gasteiger partial charge < -0.3 is 10.4 Å². The van der Waals surface area contributed by atoms with Crippen molar-refractivity contribution in [3.63, 3.8) is 0 Å². The summed E-state index contributed by atoms with van der Waals surface area (Å²) in [6.07, 6.45) is -1.71. The number of hydrogen-bond acceptors (Lipinski definition) is 3. The van der Waals surface area contributed by atoms with Crippen molar-refractivity contribution in [2.75, 3.05) is 5.32 Å². The molecule has 96 valence electrons. The number of nitrogens with one attached hydrogen (secondary N) is 1. The first kappa shape index (κ1) is 13.0. The van der Waals surface area contributed by atoms with E-state index in [0.717, 1.165) is 0 Å². The molecule has 0 radical (unpaired) electrons. The number of para-hydroxylation sites is 1. The van der Waals surface area contributed by atoms with Crippen LogP contribution in [0.5, 0.6) is 0 Å². The van der Waals surface area contributed by atoms with Gasteiger partial charge in [0, 0.05) is 11.3 Å². The molecule has 19 heavy (non-hydrogen) atoms. The molecule has 0 aliphatic rings. The summed E-state index contributed by atoms with van der Waals surface area (Å²) in [7, 11) is 0. The van der Waals surface area contributed by atoms with Gasteiger partial charge in [-0.2, -0.15) is 0 Å². The van der Waals surface area contributed by atoms with E-state index in [4.69, 9.17) is 0 Å². The first-order chi connectivity index (χ1) is 9.18. The fourth-order valence-corrected chi connectivity index (χ4v) is 1.61. The SMILES string of the molecule is O=C(Nc1ccccc1)C(O)C(=O)c1ccccc1. The molecule has 0 saturated heterocycles. The minimum Gasteiger partial charge on any atom is -0.376 e. The fraction of sp³-hybridized carbons (Fsp3) is 0.0667. The van der Waals surface area contributed by atoms with Crippen molar-refractivity contribution in [2.45, 2.75) is 6.10 Å². The normalized spacial score (nSPS) is 11.6. The number of carbonyl (C=O) groups is 2. The molecule has 0 spiro atoms. The molecule has 0 fully saturated rings. The van der Waals surface area contributed by atoms with Crippen LogP contribution < -0.4 is 5.32 Å². The number of carbonyl (C=O) groups excluding carboxylic acids is 2. The molecule has 1 atom stereocenters. The number of aliphatic hydroxyl groups excluding tert-OH is 1. The van der Waals surface area contributed by atoms with Gasteiger partial charge in [-0.25, -0.2) is 0 Å². The van der Waals surface area contributed by atoms with Crippen LogP contribution >= 0.6 is 0 Å². The number of aliphatic hydroxyl groups is 1. The van der Waals surface area contributed by atoms with E-state index in [2.05, 4.69) is 5.32 Å². The van der Waals surface area contributed by atoms with Crippen LogP contribution in [0.1, 0.15) is 10.4 Å². The van der Waals surface area contributed by atoms with Gasteiger partial charge in [-0.1, -0.05) is 48.5 Å². The Bertz CT molecular complexity index is 566. The van der Waals surface area contributed by atoms with Gasteiger partial charge in [0.1, 0.15) is 0 Å². The molecular weight excluding hydrogens is 242 g/mol. The Kier molecular flexibility index (Phi) is 4.05. The number of hydrogen-bond donors (Lipinski definition) is 2. The first-order valence-electron chi connectivity index (χ1n) is 5.82. The van der Waals surface area contributed by atoms with Gasteiger partial charge >= 0.3 is 0 Å². The Morgan fingerprint density at radius 3 is 2.00 bits per heavy atom. The third-order valence-electron chi connectivity index (χ3n) is 2.60. The largest absolute Gasteiger partial charge is 0.376 e. The lowest BCUT2D eigenvalue weighted by molar-refractivity contribution is -0.121. The molecule has 4 heteroatoms. The Labute approximate surface area is 110 Å². The highest BCUT2D eigenvalue weighted by Gasteiger charge is 2.24. The van der Waals surface area contributed by atoms with Gasteiger partial charge in [0.2, 0.25) is 5.78 Å². The lowest BCUT2D eigenvalue weighted by Gasteiger charge is -2.10. The molecule has 2 N–H and O–H groups in total. The number of anilines is 1. The molecule has 2 aromatic carbocycles. The van der Waals surface area contributed by atoms with Gasteiger partial charge in [0.05, 0.1) is 0 Å². The maximum atomic E-state index is 11.9. The molecular formula is C15H13NO3. The summed E-state index contributed by atoms with van der Waals surface area (Å²) in [5, 5.41) is 12.2. The van der Waals surface area contributed by atoms with E-state index < -0.39 is 17.8 Å². The van der Waals surface area contributed by atoms with Crippen LogP contribution in [0.25, 0.3) is 0 Å². The maximum Gasteiger partial charge on any atom is 0.261 e. The zero-order valence-corrected chi connectivity index (χ0v) is 10.1. The second-order valence-electron chi connectivity index (χ2n) is 3.99. The van der Waals surface area contributed by atoms with Crippen LogP contribution in [0.4, 0.5) is 5.69 Å². The van der Waals surface area contributed by atoms with E-state index in [1.54, 1.807) is 60.7 Å². The standard InChI is InChI=1S/C15H13NO3/c17-13(11-7-3-1-4-8-11)14(18)15(19)16-12-9-5-2-6-10-12/h1-10,14,18H,(H,16,19). The van der Waals surface area contributed by atoms with Crippen molar-refractivity contribution in [1.82, 2.24) is 0 Å². The molecule has 1 amide bonds. The summed E-state index contributed by atoms with van der Waals surface area (Å²) in [4.78, 5) is 23.6. The van der Waals surface area contributed by atoms with Gasteiger partial charge in [0.15, 0.2) is 6.10 Å². The van der Waals surface area contributed by atoms with Gasteiger partial charge in [0.25, 0.3) is 5.91 Å². The average Bonchev–Trinajstić information content (AvgIpc) is 2.47. The highest BCUT2D eigenvalue weighted by Crippen LogP contribution is 2.08. The minimum absolute atomic E-state index is 0.304. The van der Waals surface area contributed by atoms with E-state index in [-0.39, 0.29) is 0 Å². The second kappa shape index (κ2) is 5.93. The predicted octanol–water partition coefficient (Wildman–Crippen LogP) is 1.87. The van der Waals surface area contributed by atoms with Crippen molar-refractivity contribution in [3.8, 4) is 0 Å². The number of rotatable bonds is 4. The molecule has 2 rings (SSSR count). The Morgan fingerprint density at radius 1 is 0.895 bits per heavy atom. The predicted molar refractivity (Wildman–Crippen MR) is 71.9 cm³/mol. The van der Waals surface area contributed by atoms with Gasteiger partial charge in [-0.15, -0.1) is 0 Å². The molecule has 1 unspecified atom stereocenters. The van der Waals surface area contributed by atoms with Crippen LogP contribution in [0, 0.1) is 0 Å². The quantitative estimate of drug-likeness (QED) is 0.647. The number of amides is 1. The number of benzene rings is 2. The molecule has 0 saturated carbocycles. The summed E-state index contributed by atoms with van der Waals surface area (Å²) >= 11 is 0. The summed E-state index contributed by atoms with van der Waals surface area (Å²) < 4.78 is 0. The van der Waals surface area contributed by atoms with Crippen molar-refractivity contribution in [1.29, 1.82) is 0 Å². The van der Waals surface area contributed by atoms with Crippen LogP contribution in [-0.4, -0.2) is 22.9 Å². The average molecular weight is 255 g/mol. The zero-order chi connectivity index (χ0) is 13.7. The summed E-state index contributed by atoms with van der Waals surface area (Å²) in [6.45, 7) is 0. The van der Waals surface area contributed by atoms with Crippen molar-refractivity contribution >= 4 is 17.4 Å². The summed E-state index contributed by atoms with van der Waals surface area (Å²) in [6, 6.07) is 16.9. The monoisotopic (exact) mass is 255 g/mol. The third-order valence-corrected chi connectivity index (χ3v) is 2.60. The highest BCUT2D eigenvalue weighted by atomic mass is 16.3. The fourth-order valence-electron chi connectivity index (χ4n) is 1.61. The number of Topliss-reactive ketones (excluding diaryl/α,β-unsaturated/α-hetero) is 1. The number of ketones is 1. The molecule has 0 aromatic heterocycles. The van der Waals surface area contributed by atoms with Crippen LogP contribution in [-0.2, 0) is 4.79 Å². The molecule has 4 nitrogen and oxygen atoms in total. The molecule has 0 heterocycles. The Morgan fingerprint density at radius 2 is 1.42 bits per heavy atom. The van der Waals surface area contributed by atoms with E-state index in [1.165, 1.54) is 0 Å². The highest BCUT2D eigenvalue weighted by molar-refractivity contribution is 6.15. The topological polar surface area (TPSA) is 66.4 Å². The first-order valence-corrected chi connectivity index (χ1v) is 5.82. The van der Waals surface area contributed by atoms with Crippen LogP contribution in [0.2, 0.25) is 0 Å². The van der Waals surface area contributed by atoms with Crippen molar-refractivity contribution in [2.24, 2.45) is 0 Å². The van der Waals surface area contributed by atoms with E-state index in [1.807, 2.05) is 0 Å². The lowest BCUT2D eigenvalue weighted by atomic mass is 10.1. The second-order valence-corrected chi connectivity index (χ2v) is 3.99. The summed E-state index contributed by atoms with van der Waals surface area (Å²) in [5.74, 6) is -1.35. The Hall–Kier alpha value is -2.46. The third kappa shape index (κ3) is 3.26. The smallest absolute Gasteiger partial charge is 0.261 e. The van der Waals surface area contributed by atoms with E-state index >= 15 is 0 Å². The molecule has 0 aliphatic carbocycles.